The van der Waals surface area contributed by atoms with Crippen LogP contribution in [0.5, 0.6) is 0 Å². The molecule has 2 amide bonds. The minimum atomic E-state index is -0.834. The number of hydrogen-bond acceptors (Lipinski definition) is 6. The second-order valence-corrected chi connectivity index (χ2v) is 14.1. The quantitative estimate of drug-likeness (QED) is 0.535. The second kappa shape index (κ2) is 9.31. The lowest BCUT2D eigenvalue weighted by Crippen LogP contribution is -2.59. The molecule has 4 saturated carbocycles. The standard InChI is InChI=1S/C31H43N3O6/c1-29-9-7-21(34(28(37)38)14-13-33-12-11-32-26(35)17-33)15-20(29)4-5-23-22(29)8-10-30(2)24(16-25-31(23,30)40-25)19-3-6-27(36)39-18-19/h3,6,18,20-25H,4-5,7-17H2,1-2H3,(H,32,35)(H,37,38)/t20-,21+,22+,23-,24-,25-,29+,30-,31-/m1/s1. The van der Waals surface area contributed by atoms with Crippen molar-refractivity contribution in [2.24, 2.45) is 28.6 Å². The first-order valence-corrected chi connectivity index (χ1v) is 15.4. The smallest absolute Gasteiger partial charge is 0.407 e. The van der Waals surface area contributed by atoms with E-state index < -0.39 is 6.09 Å². The number of nitrogens with one attached hydrogen (secondary N) is 1. The number of carbonyl (C=O) groups excluding carboxylic acids is 1. The Kier molecular flexibility index (Phi) is 6.17. The van der Waals surface area contributed by atoms with Gasteiger partial charge in [0.1, 0.15) is 5.60 Å². The Bertz CT molecular complexity index is 1230. The van der Waals surface area contributed by atoms with Crippen LogP contribution in [0.4, 0.5) is 4.79 Å². The Morgan fingerprint density at radius 2 is 1.98 bits per heavy atom. The van der Waals surface area contributed by atoms with Gasteiger partial charge in [0.05, 0.1) is 18.9 Å². The summed E-state index contributed by atoms with van der Waals surface area (Å²) in [6.07, 6.45) is 9.62. The summed E-state index contributed by atoms with van der Waals surface area (Å²) in [5.74, 6) is 2.03. The maximum atomic E-state index is 12.4. The van der Waals surface area contributed by atoms with E-state index in [1.165, 1.54) is 6.42 Å². The normalized spacial score (nSPS) is 44.0. The van der Waals surface area contributed by atoms with Crippen LogP contribution in [0.2, 0.25) is 0 Å². The molecule has 40 heavy (non-hydrogen) atoms. The molecule has 0 radical (unpaired) electrons. The van der Waals surface area contributed by atoms with E-state index in [9.17, 15) is 19.5 Å². The lowest BCUT2D eigenvalue weighted by molar-refractivity contribution is -0.134. The zero-order valence-corrected chi connectivity index (χ0v) is 23.8. The highest BCUT2D eigenvalue weighted by Crippen LogP contribution is 2.78. The summed E-state index contributed by atoms with van der Waals surface area (Å²) >= 11 is 0. The second-order valence-electron chi connectivity index (χ2n) is 14.1. The number of hydrogen-bond donors (Lipinski definition) is 2. The van der Waals surface area contributed by atoms with Crippen LogP contribution in [0.25, 0.3) is 0 Å². The molecule has 6 fully saturated rings. The number of carboxylic acid groups (broad SMARTS) is 1. The number of epoxide rings is 1. The predicted octanol–water partition coefficient (Wildman–Crippen LogP) is 3.68. The summed E-state index contributed by atoms with van der Waals surface area (Å²) in [7, 11) is 0. The van der Waals surface area contributed by atoms with Crippen LogP contribution in [0.3, 0.4) is 0 Å². The molecule has 9 atom stereocenters. The lowest BCUT2D eigenvalue weighted by Gasteiger charge is -2.61. The van der Waals surface area contributed by atoms with Gasteiger partial charge in [0.25, 0.3) is 0 Å². The summed E-state index contributed by atoms with van der Waals surface area (Å²) in [5.41, 5.74) is 1.02. The van der Waals surface area contributed by atoms with Crippen LogP contribution in [0.15, 0.2) is 27.6 Å². The Balaban J connectivity index is 1.06. The molecular formula is C31H43N3O6. The van der Waals surface area contributed by atoms with Crippen molar-refractivity contribution in [1.29, 1.82) is 0 Å². The molecule has 1 aromatic heterocycles. The molecule has 4 aliphatic carbocycles. The van der Waals surface area contributed by atoms with Crippen molar-refractivity contribution in [2.75, 3.05) is 32.7 Å². The first-order chi connectivity index (χ1) is 19.2. The van der Waals surface area contributed by atoms with Gasteiger partial charge in [-0.15, -0.1) is 0 Å². The fourth-order valence-electron chi connectivity index (χ4n) is 10.6. The topological polar surface area (TPSA) is 116 Å². The van der Waals surface area contributed by atoms with Crippen LogP contribution in [-0.2, 0) is 9.53 Å². The van der Waals surface area contributed by atoms with Crippen molar-refractivity contribution in [3.05, 3.63) is 34.4 Å². The van der Waals surface area contributed by atoms with Gasteiger partial charge in [0.2, 0.25) is 5.91 Å². The van der Waals surface area contributed by atoms with E-state index in [1.807, 2.05) is 6.07 Å². The Hall–Kier alpha value is -2.39. The third-order valence-corrected chi connectivity index (χ3v) is 12.6. The van der Waals surface area contributed by atoms with Crippen molar-refractivity contribution in [3.63, 3.8) is 0 Å². The van der Waals surface area contributed by atoms with Gasteiger partial charge in [-0.2, -0.15) is 0 Å². The highest BCUT2D eigenvalue weighted by molar-refractivity contribution is 5.78. The largest absolute Gasteiger partial charge is 0.465 e. The van der Waals surface area contributed by atoms with Crippen LogP contribution >= 0.6 is 0 Å². The molecule has 0 bridgehead atoms. The van der Waals surface area contributed by atoms with Crippen LogP contribution in [0, 0.1) is 28.6 Å². The summed E-state index contributed by atoms with van der Waals surface area (Å²) in [4.78, 5) is 39.5. The maximum absolute atomic E-state index is 12.4. The van der Waals surface area contributed by atoms with Gasteiger partial charge >= 0.3 is 11.7 Å². The van der Waals surface area contributed by atoms with E-state index in [0.29, 0.717) is 49.9 Å². The molecule has 0 unspecified atom stereocenters. The number of ether oxygens (including phenoxy) is 1. The molecule has 1 aromatic rings. The highest BCUT2D eigenvalue weighted by Gasteiger charge is 2.80. The zero-order chi connectivity index (χ0) is 27.9. The molecule has 9 nitrogen and oxygen atoms in total. The molecule has 1 spiro atoms. The van der Waals surface area contributed by atoms with Crippen LogP contribution in [-0.4, -0.2) is 77.4 Å². The monoisotopic (exact) mass is 553 g/mol. The predicted molar refractivity (Wildman–Crippen MR) is 147 cm³/mol. The molecule has 218 valence electrons. The number of fused-ring (bicyclic) bond motifs is 3. The first-order valence-electron chi connectivity index (χ1n) is 15.4. The average molecular weight is 554 g/mol. The van der Waals surface area contributed by atoms with Crippen molar-refractivity contribution in [3.8, 4) is 0 Å². The molecule has 2 saturated heterocycles. The van der Waals surface area contributed by atoms with E-state index in [4.69, 9.17) is 9.15 Å². The van der Waals surface area contributed by atoms with E-state index >= 15 is 0 Å². The SMILES string of the molecule is C[C@]12CC[C@H](N(CCN3CCNC(=O)C3)C(=O)O)C[C@H]1CC[C@@H]1[C@@H]2CC[C@]2(C)[C@@H](c3ccc(=O)oc3)C[C@H]3O[C@]132. The Morgan fingerprint density at radius 3 is 2.73 bits per heavy atom. The zero-order valence-electron chi connectivity index (χ0n) is 23.8. The van der Waals surface area contributed by atoms with Gasteiger partial charge in [-0.3, -0.25) is 9.69 Å². The van der Waals surface area contributed by atoms with Gasteiger partial charge in [0.15, 0.2) is 0 Å². The van der Waals surface area contributed by atoms with E-state index in [-0.39, 0.29) is 40.1 Å². The minimum absolute atomic E-state index is 0.0206. The van der Waals surface area contributed by atoms with E-state index in [2.05, 4.69) is 24.1 Å². The average Bonchev–Trinajstić information content (AvgIpc) is 3.59. The molecular weight excluding hydrogens is 510 g/mol. The van der Waals surface area contributed by atoms with Crippen molar-refractivity contribution in [2.45, 2.75) is 88.9 Å². The van der Waals surface area contributed by atoms with E-state index in [0.717, 1.165) is 57.1 Å². The van der Waals surface area contributed by atoms with Gasteiger partial charge in [0, 0.05) is 43.7 Å². The lowest BCUT2D eigenvalue weighted by atomic mass is 9.44. The van der Waals surface area contributed by atoms with Crippen LogP contribution in [0.1, 0.15) is 76.7 Å². The van der Waals surface area contributed by atoms with Gasteiger partial charge in [-0.1, -0.05) is 13.8 Å². The number of rotatable bonds is 5. The third kappa shape index (κ3) is 3.82. The van der Waals surface area contributed by atoms with Crippen molar-refractivity contribution < 1.29 is 23.8 Å². The van der Waals surface area contributed by atoms with Crippen molar-refractivity contribution >= 4 is 12.0 Å². The van der Waals surface area contributed by atoms with Gasteiger partial charge in [-0.25, -0.2) is 9.59 Å². The molecule has 0 aromatic carbocycles. The van der Waals surface area contributed by atoms with Gasteiger partial charge in [-0.05, 0) is 92.1 Å². The summed E-state index contributed by atoms with van der Waals surface area (Å²) in [5, 5.41) is 13.0. The fourth-order valence-corrected chi connectivity index (χ4v) is 10.6. The number of nitrogens with zero attached hydrogens (tertiary/aromatic N) is 2. The molecule has 9 heteroatoms. The Labute approximate surface area is 235 Å². The molecule has 6 aliphatic rings. The first kappa shape index (κ1) is 26.5. The molecule has 2 aliphatic heterocycles. The van der Waals surface area contributed by atoms with E-state index in [1.54, 1.807) is 17.2 Å². The maximum Gasteiger partial charge on any atom is 0.407 e. The minimum Gasteiger partial charge on any atom is -0.465 e. The molecule has 2 N–H and O–H groups in total. The highest BCUT2D eigenvalue weighted by atomic mass is 16.6. The summed E-state index contributed by atoms with van der Waals surface area (Å²) < 4.78 is 12.0. The summed E-state index contributed by atoms with van der Waals surface area (Å²) in [6.45, 7) is 7.74. The van der Waals surface area contributed by atoms with Crippen LogP contribution < -0.4 is 10.9 Å². The number of piperazine rings is 1. The third-order valence-electron chi connectivity index (χ3n) is 12.6. The molecule has 3 heterocycles. The Morgan fingerprint density at radius 1 is 1.12 bits per heavy atom. The number of carbonyl (C=O) groups is 2. The number of amides is 2. The van der Waals surface area contributed by atoms with Gasteiger partial charge < -0.3 is 24.5 Å². The van der Waals surface area contributed by atoms with Crippen molar-refractivity contribution in [1.82, 2.24) is 15.1 Å². The molecule has 7 rings (SSSR count). The summed E-state index contributed by atoms with van der Waals surface area (Å²) in [6, 6.07) is 3.56. The fraction of sp³-hybridized carbons (Fsp3) is 0.774.